The molecule has 4 nitrogen and oxygen atoms in total. The fraction of sp³-hybridized carbons (Fsp3) is 1.00. The summed E-state index contributed by atoms with van der Waals surface area (Å²) in [4.78, 5) is 0. The number of rotatable bonds is 8. The van der Waals surface area contributed by atoms with Gasteiger partial charge in [0, 0.05) is 12.6 Å². The first-order valence-corrected chi connectivity index (χ1v) is 8.85. The standard InChI is InChI=1S/C13H28N2O2S/c1-12(2)14-9-6-10-18(16,17)15-11-13-7-4-3-5-8-13/h12-15H,3-11H2,1-2H3. The third kappa shape index (κ3) is 7.34. The van der Waals surface area contributed by atoms with E-state index in [9.17, 15) is 8.42 Å². The van der Waals surface area contributed by atoms with Crippen molar-refractivity contribution in [3.63, 3.8) is 0 Å². The average molecular weight is 276 g/mol. The molecule has 0 aromatic heterocycles. The number of hydrogen-bond acceptors (Lipinski definition) is 3. The summed E-state index contributed by atoms with van der Waals surface area (Å²) in [7, 11) is -3.07. The zero-order chi connectivity index (χ0) is 13.4. The van der Waals surface area contributed by atoms with E-state index in [1.165, 1.54) is 32.1 Å². The highest BCUT2D eigenvalue weighted by atomic mass is 32.2. The molecule has 1 rings (SSSR count). The molecule has 0 spiro atoms. The van der Waals surface area contributed by atoms with Crippen LogP contribution in [-0.2, 0) is 10.0 Å². The second kappa shape index (κ2) is 8.12. The molecular weight excluding hydrogens is 248 g/mol. The number of hydrogen-bond donors (Lipinski definition) is 2. The third-order valence-electron chi connectivity index (χ3n) is 3.46. The summed E-state index contributed by atoms with van der Waals surface area (Å²) in [6.07, 6.45) is 6.85. The Morgan fingerprint density at radius 2 is 1.83 bits per heavy atom. The van der Waals surface area contributed by atoms with Crippen LogP contribution in [0, 0.1) is 5.92 Å². The molecule has 0 unspecified atom stereocenters. The van der Waals surface area contributed by atoms with Gasteiger partial charge < -0.3 is 5.32 Å². The summed E-state index contributed by atoms with van der Waals surface area (Å²) >= 11 is 0. The van der Waals surface area contributed by atoms with Crippen molar-refractivity contribution in [3.05, 3.63) is 0 Å². The average Bonchev–Trinajstić information content (AvgIpc) is 2.34. The Morgan fingerprint density at radius 3 is 2.44 bits per heavy atom. The molecule has 1 aliphatic carbocycles. The van der Waals surface area contributed by atoms with Crippen molar-refractivity contribution in [3.8, 4) is 0 Å². The molecule has 1 aliphatic rings. The van der Waals surface area contributed by atoms with E-state index >= 15 is 0 Å². The van der Waals surface area contributed by atoms with Crippen LogP contribution in [-0.4, -0.2) is 33.3 Å². The Bertz CT molecular complexity index is 309. The maximum atomic E-state index is 11.8. The number of nitrogens with one attached hydrogen (secondary N) is 2. The van der Waals surface area contributed by atoms with E-state index in [-0.39, 0.29) is 5.75 Å². The third-order valence-corrected chi connectivity index (χ3v) is 4.89. The highest BCUT2D eigenvalue weighted by Crippen LogP contribution is 2.22. The van der Waals surface area contributed by atoms with Crippen molar-refractivity contribution in [2.75, 3.05) is 18.8 Å². The summed E-state index contributed by atoms with van der Waals surface area (Å²) in [6, 6.07) is 0.419. The van der Waals surface area contributed by atoms with E-state index in [1.54, 1.807) is 0 Å². The van der Waals surface area contributed by atoms with Crippen LogP contribution in [0.4, 0.5) is 0 Å². The molecular formula is C13H28N2O2S. The molecule has 108 valence electrons. The van der Waals surface area contributed by atoms with Gasteiger partial charge in [-0.05, 0) is 31.7 Å². The first kappa shape index (κ1) is 15.9. The molecule has 0 aromatic rings. The molecule has 0 aromatic carbocycles. The van der Waals surface area contributed by atoms with E-state index in [2.05, 4.69) is 23.9 Å². The first-order chi connectivity index (χ1) is 8.49. The molecule has 0 saturated heterocycles. The van der Waals surface area contributed by atoms with Gasteiger partial charge >= 0.3 is 0 Å². The van der Waals surface area contributed by atoms with Crippen LogP contribution in [0.15, 0.2) is 0 Å². The fourth-order valence-electron chi connectivity index (χ4n) is 2.36. The highest BCUT2D eigenvalue weighted by Gasteiger charge is 2.16. The lowest BCUT2D eigenvalue weighted by Gasteiger charge is -2.21. The van der Waals surface area contributed by atoms with Crippen LogP contribution in [0.2, 0.25) is 0 Å². The van der Waals surface area contributed by atoms with Crippen LogP contribution in [0.1, 0.15) is 52.4 Å². The van der Waals surface area contributed by atoms with Crippen LogP contribution in [0.3, 0.4) is 0 Å². The molecule has 0 aliphatic heterocycles. The van der Waals surface area contributed by atoms with Crippen molar-refractivity contribution >= 4 is 10.0 Å². The molecule has 5 heteroatoms. The van der Waals surface area contributed by atoms with Gasteiger partial charge in [0.25, 0.3) is 0 Å². The van der Waals surface area contributed by atoms with Crippen molar-refractivity contribution in [1.29, 1.82) is 0 Å². The topological polar surface area (TPSA) is 58.2 Å². The lowest BCUT2D eigenvalue weighted by atomic mass is 9.90. The van der Waals surface area contributed by atoms with Gasteiger partial charge in [-0.2, -0.15) is 0 Å². The quantitative estimate of drug-likeness (QED) is 0.665. The van der Waals surface area contributed by atoms with Gasteiger partial charge in [0.15, 0.2) is 0 Å². The van der Waals surface area contributed by atoms with Crippen LogP contribution >= 0.6 is 0 Å². The number of sulfonamides is 1. The van der Waals surface area contributed by atoms with E-state index in [4.69, 9.17) is 0 Å². The minimum Gasteiger partial charge on any atom is -0.314 e. The van der Waals surface area contributed by atoms with Gasteiger partial charge in [0.1, 0.15) is 0 Å². The molecule has 18 heavy (non-hydrogen) atoms. The van der Waals surface area contributed by atoms with Crippen LogP contribution < -0.4 is 10.0 Å². The summed E-state index contributed by atoms with van der Waals surface area (Å²) < 4.78 is 26.3. The molecule has 0 atom stereocenters. The predicted octanol–water partition coefficient (Wildman–Crippen LogP) is 1.87. The second-order valence-corrected chi connectivity index (χ2v) is 7.56. The van der Waals surface area contributed by atoms with Crippen LogP contribution in [0.5, 0.6) is 0 Å². The summed E-state index contributed by atoms with van der Waals surface area (Å²) in [5.41, 5.74) is 0. The maximum Gasteiger partial charge on any atom is 0.211 e. The van der Waals surface area contributed by atoms with Gasteiger partial charge in [-0.15, -0.1) is 0 Å². The minimum absolute atomic E-state index is 0.236. The maximum absolute atomic E-state index is 11.8. The molecule has 2 N–H and O–H groups in total. The van der Waals surface area contributed by atoms with Crippen molar-refractivity contribution in [1.82, 2.24) is 10.0 Å². The van der Waals surface area contributed by atoms with E-state index < -0.39 is 10.0 Å². The van der Waals surface area contributed by atoms with E-state index in [1.807, 2.05) is 0 Å². The van der Waals surface area contributed by atoms with E-state index in [0.29, 0.717) is 24.9 Å². The van der Waals surface area contributed by atoms with E-state index in [0.717, 1.165) is 6.54 Å². The summed E-state index contributed by atoms with van der Waals surface area (Å²) in [5, 5.41) is 3.23. The molecule has 0 bridgehead atoms. The Hall–Kier alpha value is -0.130. The normalized spacial score (nSPS) is 18.4. The predicted molar refractivity (Wildman–Crippen MR) is 76.1 cm³/mol. The molecule has 0 radical (unpaired) electrons. The zero-order valence-corrected chi connectivity index (χ0v) is 12.6. The largest absolute Gasteiger partial charge is 0.314 e. The van der Waals surface area contributed by atoms with Gasteiger partial charge in [0.05, 0.1) is 5.75 Å². The minimum atomic E-state index is -3.07. The molecule has 0 heterocycles. The second-order valence-electron chi connectivity index (χ2n) is 5.63. The fourth-order valence-corrected chi connectivity index (χ4v) is 3.52. The first-order valence-electron chi connectivity index (χ1n) is 7.20. The van der Waals surface area contributed by atoms with Gasteiger partial charge in [-0.1, -0.05) is 33.1 Å². The Morgan fingerprint density at radius 1 is 1.17 bits per heavy atom. The van der Waals surface area contributed by atoms with Crippen molar-refractivity contribution in [2.24, 2.45) is 5.92 Å². The lowest BCUT2D eigenvalue weighted by molar-refractivity contribution is 0.357. The Balaban J connectivity index is 2.14. The Labute approximate surface area is 112 Å². The molecule has 1 saturated carbocycles. The van der Waals surface area contributed by atoms with Gasteiger partial charge in [-0.25, -0.2) is 13.1 Å². The smallest absolute Gasteiger partial charge is 0.211 e. The molecule has 0 amide bonds. The monoisotopic (exact) mass is 276 g/mol. The highest BCUT2D eigenvalue weighted by molar-refractivity contribution is 7.89. The molecule has 1 fully saturated rings. The summed E-state index contributed by atoms with van der Waals surface area (Å²) in [6.45, 7) is 5.54. The van der Waals surface area contributed by atoms with Crippen molar-refractivity contribution in [2.45, 2.75) is 58.4 Å². The van der Waals surface area contributed by atoms with Gasteiger partial charge in [0.2, 0.25) is 10.0 Å². The van der Waals surface area contributed by atoms with Gasteiger partial charge in [-0.3, -0.25) is 0 Å². The summed E-state index contributed by atoms with van der Waals surface area (Å²) in [5.74, 6) is 0.793. The zero-order valence-electron chi connectivity index (χ0n) is 11.7. The lowest BCUT2D eigenvalue weighted by Crippen LogP contribution is -2.33. The van der Waals surface area contributed by atoms with Crippen molar-refractivity contribution < 1.29 is 8.42 Å². The Kier molecular flexibility index (Phi) is 7.19. The SMILES string of the molecule is CC(C)NCCCS(=O)(=O)NCC1CCCCC1. The van der Waals surface area contributed by atoms with Crippen LogP contribution in [0.25, 0.3) is 0 Å².